The summed E-state index contributed by atoms with van der Waals surface area (Å²) < 4.78 is 12.7. The first-order valence-electron chi connectivity index (χ1n) is 4.21. The van der Waals surface area contributed by atoms with Crippen LogP contribution in [0.5, 0.6) is 0 Å². The molecule has 5 nitrogen and oxygen atoms in total. The molecule has 1 aromatic rings. The molecule has 0 spiro atoms. The molecule has 1 heterocycles. The topological polar surface area (TPSA) is 103 Å². The number of nitrogens with two attached hydrogens (primary N) is 1. The fraction of sp³-hybridized carbons (Fsp3) is 0.333. The SMILES string of the molecule is N#CCC(O)C(O)c1nc(F)ccc1N. The summed E-state index contributed by atoms with van der Waals surface area (Å²) in [7, 11) is 0. The summed E-state index contributed by atoms with van der Waals surface area (Å²) in [5.41, 5.74) is 5.36. The van der Waals surface area contributed by atoms with Gasteiger partial charge in [0.05, 0.1) is 30.0 Å². The lowest BCUT2D eigenvalue weighted by molar-refractivity contribution is 0.0191. The van der Waals surface area contributed by atoms with E-state index in [2.05, 4.69) is 4.98 Å². The van der Waals surface area contributed by atoms with Crippen LogP contribution in [0.2, 0.25) is 0 Å². The van der Waals surface area contributed by atoms with E-state index < -0.39 is 18.2 Å². The molecule has 2 unspecified atom stereocenters. The van der Waals surface area contributed by atoms with Crippen molar-refractivity contribution in [3.63, 3.8) is 0 Å². The van der Waals surface area contributed by atoms with E-state index in [0.717, 1.165) is 6.07 Å². The van der Waals surface area contributed by atoms with Gasteiger partial charge in [-0.25, -0.2) is 4.98 Å². The molecular formula is C9H10FN3O2. The second kappa shape index (κ2) is 4.68. The summed E-state index contributed by atoms with van der Waals surface area (Å²) >= 11 is 0. The van der Waals surface area contributed by atoms with Crippen molar-refractivity contribution in [3.8, 4) is 6.07 Å². The van der Waals surface area contributed by atoms with Crippen molar-refractivity contribution in [3.05, 3.63) is 23.8 Å². The third-order valence-corrected chi connectivity index (χ3v) is 1.87. The number of hydrogen-bond donors (Lipinski definition) is 3. The van der Waals surface area contributed by atoms with Crippen LogP contribution >= 0.6 is 0 Å². The van der Waals surface area contributed by atoms with Crippen LogP contribution in [0.25, 0.3) is 0 Å². The predicted molar refractivity (Wildman–Crippen MR) is 49.8 cm³/mol. The van der Waals surface area contributed by atoms with E-state index in [1.807, 2.05) is 0 Å². The molecule has 0 aliphatic heterocycles. The van der Waals surface area contributed by atoms with Crippen LogP contribution in [-0.4, -0.2) is 21.3 Å². The van der Waals surface area contributed by atoms with Gasteiger partial charge in [-0.1, -0.05) is 0 Å². The van der Waals surface area contributed by atoms with Crippen LogP contribution in [0.15, 0.2) is 12.1 Å². The molecule has 0 aromatic carbocycles. The van der Waals surface area contributed by atoms with Crippen molar-refractivity contribution in [1.29, 1.82) is 5.26 Å². The number of aliphatic hydroxyl groups is 2. The van der Waals surface area contributed by atoms with E-state index in [0.29, 0.717) is 0 Å². The van der Waals surface area contributed by atoms with Crippen molar-refractivity contribution in [1.82, 2.24) is 4.98 Å². The van der Waals surface area contributed by atoms with Crippen LogP contribution in [0, 0.1) is 17.3 Å². The van der Waals surface area contributed by atoms with E-state index in [1.54, 1.807) is 6.07 Å². The number of nitrogens with zero attached hydrogens (tertiary/aromatic N) is 2. The maximum Gasteiger partial charge on any atom is 0.213 e. The first-order valence-corrected chi connectivity index (χ1v) is 4.21. The highest BCUT2D eigenvalue weighted by atomic mass is 19.1. The Kier molecular flexibility index (Phi) is 3.55. The normalized spacial score (nSPS) is 14.3. The molecule has 2 atom stereocenters. The highest BCUT2D eigenvalue weighted by Gasteiger charge is 2.22. The van der Waals surface area contributed by atoms with Gasteiger partial charge in [0, 0.05) is 0 Å². The van der Waals surface area contributed by atoms with Crippen molar-refractivity contribution in [2.75, 3.05) is 5.73 Å². The Hall–Kier alpha value is -1.71. The molecule has 0 saturated carbocycles. The monoisotopic (exact) mass is 211 g/mol. The molecule has 4 N–H and O–H groups in total. The summed E-state index contributed by atoms with van der Waals surface area (Å²) in [5.74, 6) is -0.803. The summed E-state index contributed by atoms with van der Waals surface area (Å²) in [4.78, 5) is 3.36. The number of pyridine rings is 1. The lowest BCUT2D eigenvalue weighted by Gasteiger charge is -2.16. The van der Waals surface area contributed by atoms with Gasteiger partial charge in [0.25, 0.3) is 0 Å². The predicted octanol–water partition coefficient (Wildman–Crippen LogP) is 0.111. The van der Waals surface area contributed by atoms with Gasteiger partial charge in [-0.3, -0.25) is 0 Å². The van der Waals surface area contributed by atoms with Gasteiger partial charge in [-0.05, 0) is 12.1 Å². The molecule has 1 rings (SSSR count). The minimum atomic E-state index is -1.46. The zero-order chi connectivity index (χ0) is 11.4. The molecule has 0 saturated heterocycles. The van der Waals surface area contributed by atoms with E-state index in [4.69, 9.17) is 11.0 Å². The highest BCUT2D eigenvalue weighted by molar-refractivity contribution is 5.43. The fourth-order valence-corrected chi connectivity index (χ4v) is 1.09. The zero-order valence-electron chi connectivity index (χ0n) is 7.76. The second-order valence-electron chi connectivity index (χ2n) is 2.98. The third-order valence-electron chi connectivity index (χ3n) is 1.87. The van der Waals surface area contributed by atoms with Gasteiger partial charge in [-0.2, -0.15) is 9.65 Å². The number of nitriles is 1. The maximum atomic E-state index is 12.7. The van der Waals surface area contributed by atoms with E-state index in [-0.39, 0.29) is 17.8 Å². The summed E-state index contributed by atoms with van der Waals surface area (Å²) in [6.45, 7) is 0. The van der Waals surface area contributed by atoms with Crippen LogP contribution in [-0.2, 0) is 0 Å². The minimum Gasteiger partial charge on any atom is -0.397 e. The molecule has 0 aliphatic carbocycles. The first-order chi connectivity index (χ1) is 7.06. The van der Waals surface area contributed by atoms with Crippen molar-refractivity contribution in [2.45, 2.75) is 18.6 Å². The zero-order valence-corrected chi connectivity index (χ0v) is 7.76. The Morgan fingerprint density at radius 1 is 1.53 bits per heavy atom. The molecule has 0 aliphatic rings. The van der Waals surface area contributed by atoms with Gasteiger partial charge in [0.15, 0.2) is 0 Å². The fourth-order valence-electron chi connectivity index (χ4n) is 1.09. The Morgan fingerprint density at radius 2 is 2.20 bits per heavy atom. The standard InChI is InChI=1S/C9H10FN3O2/c10-7-2-1-5(12)8(13-7)9(15)6(14)3-4-11/h1-2,6,9,14-15H,3,12H2. The lowest BCUT2D eigenvalue weighted by Crippen LogP contribution is -2.20. The molecule has 0 radical (unpaired) electrons. The van der Waals surface area contributed by atoms with Gasteiger partial charge in [0.1, 0.15) is 6.10 Å². The molecule has 15 heavy (non-hydrogen) atoms. The Labute approximate surface area is 85.6 Å². The van der Waals surface area contributed by atoms with Gasteiger partial charge < -0.3 is 15.9 Å². The molecule has 6 heteroatoms. The second-order valence-corrected chi connectivity index (χ2v) is 2.98. The molecule has 1 aromatic heterocycles. The number of nitrogen functional groups attached to an aromatic ring is 1. The molecule has 0 fully saturated rings. The Balaban J connectivity index is 2.95. The number of aliphatic hydroxyl groups excluding tert-OH is 2. The Bertz CT molecular complexity index is 391. The first kappa shape index (κ1) is 11.4. The van der Waals surface area contributed by atoms with Crippen molar-refractivity contribution < 1.29 is 14.6 Å². The maximum absolute atomic E-state index is 12.7. The number of anilines is 1. The van der Waals surface area contributed by atoms with Crippen LogP contribution in [0.1, 0.15) is 18.2 Å². The van der Waals surface area contributed by atoms with Crippen LogP contribution in [0.3, 0.4) is 0 Å². The summed E-state index contributed by atoms with van der Waals surface area (Å²) in [6, 6.07) is 3.96. The number of aromatic nitrogens is 1. The van der Waals surface area contributed by atoms with Gasteiger partial charge in [0.2, 0.25) is 5.95 Å². The largest absolute Gasteiger partial charge is 0.397 e. The molecule has 0 bridgehead atoms. The lowest BCUT2D eigenvalue weighted by atomic mass is 10.1. The quantitative estimate of drug-likeness (QED) is 0.616. The van der Waals surface area contributed by atoms with Gasteiger partial charge >= 0.3 is 0 Å². The number of rotatable bonds is 3. The van der Waals surface area contributed by atoms with Crippen molar-refractivity contribution >= 4 is 5.69 Å². The summed E-state index contributed by atoms with van der Waals surface area (Å²) in [5, 5.41) is 27.1. The number of hydrogen-bond acceptors (Lipinski definition) is 5. The van der Waals surface area contributed by atoms with Crippen molar-refractivity contribution in [2.24, 2.45) is 0 Å². The number of halogens is 1. The third kappa shape index (κ3) is 2.62. The Morgan fingerprint density at radius 3 is 2.80 bits per heavy atom. The van der Waals surface area contributed by atoms with E-state index in [1.165, 1.54) is 6.07 Å². The van der Waals surface area contributed by atoms with Crippen LogP contribution < -0.4 is 5.73 Å². The minimum absolute atomic E-state index is 0.0703. The molecule has 0 amide bonds. The van der Waals surface area contributed by atoms with Crippen LogP contribution in [0.4, 0.5) is 10.1 Å². The van der Waals surface area contributed by atoms with E-state index in [9.17, 15) is 14.6 Å². The molecule has 80 valence electrons. The summed E-state index contributed by atoms with van der Waals surface area (Å²) in [6.07, 6.45) is -3.06. The van der Waals surface area contributed by atoms with Gasteiger partial charge in [-0.15, -0.1) is 0 Å². The smallest absolute Gasteiger partial charge is 0.213 e. The average molecular weight is 211 g/mol. The average Bonchev–Trinajstić information content (AvgIpc) is 2.21. The molecular weight excluding hydrogens is 201 g/mol. The highest BCUT2D eigenvalue weighted by Crippen LogP contribution is 2.22. The van der Waals surface area contributed by atoms with E-state index >= 15 is 0 Å².